The summed E-state index contributed by atoms with van der Waals surface area (Å²) in [7, 11) is 0. The minimum atomic E-state index is -0.291. The summed E-state index contributed by atoms with van der Waals surface area (Å²) in [5, 5.41) is 0. The van der Waals surface area contributed by atoms with Crippen LogP contribution in [0.5, 0.6) is 6.01 Å². The smallest absolute Gasteiger partial charge is 0.296 e. The van der Waals surface area contributed by atoms with Gasteiger partial charge in [-0.15, -0.1) is 0 Å². The first-order chi connectivity index (χ1) is 6.78. The van der Waals surface area contributed by atoms with E-state index in [2.05, 4.69) is 17.1 Å². The number of nitrogens with zero attached hydrogens (tertiary/aromatic N) is 2. The minimum absolute atomic E-state index is 0.291. The monoisotopic (exact) mass is 191 g/mol. The van der Waals surface area contributed by atoms with Crippen molar-refractivity contribution in [1.82, 2.24) is 9.55 Å². The first kappa shape index (κ1) is 8.05. The van der Waals surface area contributed by atoms with Crippen molar-refractivity contribution in [3.8, 4) is 6.01 Å². The van der Waals surface area contributed by atoms with Gasteiger partial charge < -0.3 is 10.5 Å². The number of rotatable bonds is 1. The number of hydrogen-bond donors (Lipinski definition) is 1. The average molecular weight is 191 g/mol. The zero-order chi connectivity index (χ0) is 9.60. The van der Waals surface area contributed by atoms with E-state index in [-0.39, 0.29) is 5.54 Å². The molecule has 2 aliphatic rings. The summed E-state index contributed by atoms with van der Waals surface area (Å²) >= 11 is 0. The third kappa shape index (κ3) is 1.00. The third-order valence-electron chi connectivity index (χ3n) is 2.94. The van der Waals surface area contributed by atoms with Gasteiger partial charge >= 0.3 is 0 Å². The molecule has 14 heavy (non-hydrogen) atoms. The second-order valence-corrected chi connectivity index (χ2v) is 3.99. The van der Waals surface area contributed by atoms with Crippen LogP contribution in [0.4, 0.5) is 0 Å². The van der Waals surface area contributed by atoms with Gasteiger partial charge in [0.05, 0.1) is 17.8 Å². The molecule has 0 spiro atoms. The molecule has 4 nitrogen and oxygen atoms in total. The predicted molar refractivity (Wildman–Crippen MR) is 52.0 cm³/mol. The Hall–Kier alpha value is -1.29. The summed E-state index contributed by atoms with van der Waals surface area (Å²) < 4.78 is 7.39. The molecule has 0 atom stereocenters. The van der Waals surface area contributed by atoms with E-state index in [0.29, 0.717) is 0 Å². The van der Waals surface area contributed by atoms with Crippen molar-refractivity contribution in [3.63, 3.8) is 0 Å². The van der Waals surface area contributed by atoms with Crippen LogP contribution in [-0.2, 0) is 12.1 Å². The average Bonchev–Trinajstić information content (AvgIpc) is 2.75. The van der Waals surface area contributed by atoms with Crippen LogP contribution in [0.15, 0.2) is 18.3 Å². The maximum absolute atomic E-state index is 6.25. The van der Waals surface area contributed by atoms with E-state index in [1.54, 1.807) is 0 Å². The molecule has 1 aromatic heterocycles. The zero-order valence-electron chi connectivity index (χ0n) is 7.94. The number of aromatic nitrogens is 2. The van der Waals surface area contributed by atoms with Crippen LogP contribution in [0.1, 0.15) is 18.5 Å². The Kier molecular flexibility index (Phi) is 1.50. The molecule has 0 amide bonds. The molecule has 74 valence electrons. The van der Waals surface area contributed by atoms with Crippen LogP contribution in [0.2, 0.25) is 0 Å². The van der Waals surface area contributed by atoms with E-state index in [1.165, 1.54) is 0 Å². The van der Waals surface area contributed by atoms with Crippen molar-refractivity contribution < 1.29 is 4.74 Å². The normalized spacial score (nSPS) is 22.4. The van der Waals surface area contributed by atoms with Gasteiger partial charge in [0, 0.05) is 6.20 Å². The maximum Gasteiger partial charge on any atom is 0.296 e. The third-order valence-corrected chi connectivity index (χ3v) is 2.94. The first-order valence-corrected chi connectivity index (χ1v) is 4.92. The number of ether oxygens (including phenoxy) is 1. The fourth-order valence-electron chi connectivity index (χ4n) is 2.03. The number of nitrogens with two attached hydrogens (primary N) is 1. The zero-order valence-corrected chi connectivity index (χ0v) is 7.94. The van der Waals surface area contributed by atoms with Crippen LogP contribution >= 0.6 is 0 Å². The summed E-state index contributed by atoms with van der Waals surface area (Å²) in [5.41, 5.74) is 6.91. The van der Waals surface area contributed by atoms with E-state index in [1.807, 2.05) is 10.8 Å². The van der Waals surface area contributed by atoms with Crippen molar-refractivity contribution >= 4 is 0 Å². The van der Waals surface area contributed by atoms with Crippen LogP contribution in [0.25, 0.3) is 0 Å². The van der Waals surface area contributed by atoms with Gasteiger partial charge in [-0.3, -0.25) is 4.57 Å². The van der Waals surface area contributed by atoms with Crippen LogP contribution in [-0.4, -0.2) is 16.2 Å². The fraction of sp³-hybridized carbons (Fsp3) is 0.500. The summed E-state index contributed by atoms with van der Waals surface area (Å²) in [4.78, 5) is 4.42. The Morgan fingerprint density at radius 2 is 2.21 bits per heavy atom. The van der Waals surface area contributed by atoms with Crippen molar-refractivity contribution in [1.29, 1.82) is 0 Å². The van der Waals surface area contributed by atoms with Gasteiger partial charge in [-0.05, 0) is 12.8 Å². The number of imidazole rings is 1. The second kappa shape index (κ2) is 2.60. The molecule has 0 aromatic carbocycles. The van der Waals surface area contributed by atoms with Gasteiger partial charge in [-0.2, -0.15) is 4.98 Å². The Morgan fingerprint density at radius 3 is 2.93 bits per heavy atom. The lowest BCUT2D eigenvalue weighted by molar-refractivity contribution is 0.340. The van der Waals surface area contributed by atoms with Gasteiger partial charge in [0.2, 0.25) is 0 Å². The molecule has 0 fully saturated rings. The quantitative estimate of drug-likeness (QED) is 0.667. The second-order valence-electron chi connectivity index (χ2n) is 3.99. The van der Waals surface area contributed by atoms with Crippen molar-refractivity contribution in [2.75, 3.05) is 6.61 Å². The molecule has 0 saturated carbocycles. The van der Waals surface area contributed by atoms with Crippen LogP contribution in [0.3, 0.4) is 0 Å². The Balaban J connectivity index is 1.97. The predicted octanol–water partition coefficient (Wildman–Crippen LogP) is 0.779. The van der Waals surface area contributed by atoms with Gasteiger partial charge in [0.15, 0.2) is 0 Å². The molecule has 3 rings (SSSR count). The Morgan fingerprint density at radius 1 is 1.43 bits per heavy atom. The largest absolute Gasteiger partial charge is 0.463 e. The Bertz CT molecular complexity index is 365. The summed E-state index contributed by atoms with van der Waals surface area (Å²) in [6.07, 6.45) is 8.01. The molecule has 2 N–H and O–H groups in total. The number of fused-ring (bicyclic) bond motifs is 1. The van der Waals surface area contributed by atoms with Gasteiger partial charge in [0.1, 0.15) is 6.61 Å². The lowest BCUT2D eigenvalue weighted by Gasteiger charge is -2.20. The highest BCUT2D eigenvalue weighted by molar-refractivity contribution is 5.24. The molecular formula is C10H13N3O. The highest BCUT2D eigenvalue weighted by atomic mass is 16.5. The Labute approximate surface area is 82.4 Å². The summed E-state index contributed by atoms with van der Waals surface area (Å²) in [6, 6.07) is 0.719. The molecule has 1 aliphatic heterocycles. The first-order valence-electron chi connectivity index (χ1n) is 4.92. The van der Waals surface area contributed by atoms with E-state index in [4.69, 9.17) is 10.5 Å². The van der Waals surface area contributed by atoms with Crippen molar-refractivity contribution in [2.45, 2.75) is 24.9 Å². The highest BCUT2D eigenvalue weighted by Gasteiger charge is 2.32. The maximum atomic E-state index is 6.25. The molecule has 1 aliphatic carbocycles. The fourth-order valence-corrected chi connectivity index (χ4v) is 2.03. The molecule has 0 radical (unpaired) electrons. The van der Waals surface area contributed by atoms with E-state index < -0.39 is 0 Å². The van der Waals surface area contributed by atoms with Crippen LogP contribution in [0, 0.1) is 0 Å². The topological polar surface area (TPSA) is 53.1 Å². The molecule has 0 bridgehead atoms. The van der Waals surface area contributed by atoms with Crippen LogP contribution < -0.4 is 10.5 Å². The molecule has 4 heteroatoms. The highest BCUT2D eigenvalue weighted by Crippen LogP contribution is 2.33. The van der Waals surface area contributed by atoms with E-state index in [9.17, 15) is 0 Å². The van der Waals surface area contributed by atoms with Gasteiger partial charge in [-0.1, -0.05) is 12.2 Å². The summed E-state index contributed by atoms with van der Waals surface area (Å²) in [6.45, 7) is 1.63. The van der Waals surface area contributed by atoms with E-state index >= 15 is 0 Å². The van der Waals surface area contributed by atoms with Gasteiger partial charge in [-0.25, -0.2) is 0 Å². The molecule has 1 aromatic rings. The van der Waals surface area contributed by atoms with Gasteiger partial charge in [0.25, 0.3) is 6.01 Å². The molecule has 2 heterocycles. The lowest BCUT2D eigenvalue weighted by Crippen LogP contribution is -2.34. The summed E-state index contributed by atoms with van der Waals surface area (Å²) in [5.74, 6) is 0. The minimum Gasteiger partial charge on any atom is -0.463 e. The van der Waals surface area contributed by atoms with E-state index in [0.717, 1.165) is 37.7 Å². The number of hydrogen-bond acceptors (Lipinski definition) is 3. The van der Waals surface area contributed by atoms with Crippen molar-refractivity contribution in [3.05, 3.63) is 24.0 Å². The SMILES string of the molecule is NC1(c2cn3c(n2)OCC3)CC=CC1. The molecule has 0 saturated heterocycles. The molecule has 0 unspecified atom stereocenters. The van der Waals surface area contributed by atoms with Crippen molar-refractivity contribution in [2.24, 2.45) is 5.73 Å². The lowest BCUT2D eigenvalue weighted by atomic mass is 9.95. The molecular weight excluding hydrogens is 178 g/mol. The standard InChI is InChI=1S/C10H13N3O/c11-10(3-1-2-4-10)8-7-13-5-6-14-9(13)12-8/h1-2,7H,3-6,11H2.